The molecule has 43 heavy (non-hydrogen) atoms. The van der Waals surface area contributed by atoms with Crippen molar-refractivity contribution < 1.29 is 24.8 Å². The molecule has 5 nitrogen and oxygen atoms in total. The Hall–Kier alpha value is -2.91. The maximum absolute atomic E-state index is 12.3. The molecule has 4 aromatic rings. The Morgan fingerprint density at radius 1 is 0.744 bits per heavy atom. The molecule has 0 atom stereocenters. The molecular weight excluding hydrogens is 648 g/mol. The van der Waals surface area contributed by atoms with E-state index >= 15 is 0 Å². The number of nitrogens with one attached hydrogen (secondary N) is 1. The Bertz CT molecular complexity index is 1560. The molecule has 0 saturated heterocycles. The molecular formula is C36H46ClN3O2Pd. The van der Waals surface area contributed by atoms with Crippen LogP contribution in [0.5, 0.6) is 5.75 Å². The van der Waals surface area contributed by atoms with Crippen LogP contribution in [0.2, 0.25) is 0 Å². The van der Waals surface area contributed by atoms with Gasteiger partial charge in [0.05, 0.1) is 0 Å². The van der Waals surface area contributed by atoms with Gasteiger partial charge in [-0.25, -0.2) is 0 Å². The molecule has 234 valence electrons. The average molecular weight is 695 g/mol. The summed E-state index contributed by atoms with van der Waals surface area (Å²) >= 11 is -2.20. The third kappa shape index (κ3) is 6.78. The first-order valence-corrected chi connectivity index (χ1v) is 18.6. The van der Waals surface area contributed by atoms with Crippen LogP contribution in [0.25, 0.3) is 11.4 Å². The molecule has 1 amide bonds. The number of carbonyl (C=O) groups excluding carboxylic acids is 1. The summed E-state index contributed by atoms with van der Waals surface area (Å²) in [4.78, 5) is 12.3. The predicted octanol–water partition coefficient (Wildman–Crippen LogP) is 9.36. The minimum absolute atomic E-state index is 0.147. The maximum atomic E-state index is 12.3. The van der Waals surface area contributed by atoms with Crippen molar-refractivity contribution in [1.82, 2.24) is 9.13 Å². The van der Waals surface area contributed by atoms with Gasteiger partial charge in [0.2, 0.25) is 0 Å². The average Bonchev–Trinajstić information content (AvgIpc) is 3.39. The molecule has 0 fully saturated rings. The molecule has 3 aromatic carbocycles. The van der Waals surface area contributed by atoms with Gasteiger partial charge in [0.25, 0.3) is 0 Å². The standard InChI is InChI=1S/C27H36N2.C9H10NO2.ClH.Pd/c1-18(2)22-11-9-12-23(19(3)4)26(22)28-15-16-29(17-28)27-24(20(5)6)13-10-14-25(27)21(7)8;1-7(11)10-8-4-3-5-9(6-8)12-2;;/h9-16,18-21H,1-8H3;3,5-6H,1-2H3,(H,10,11);1H;/q;;;+1/p-1. The van der Waals surface area contributed by atoms with Gasteiger partial charge < -0.3 is 0 Å². The first kappa shape index (κ1) is 33.0. The van der Waals surface area contributed by atoms with Crippen molar-refractivity contribution in [1.29, 1.82) is 0 Å². The van der Waals surface area contributed by atoms with E-state index in [4.69, 9.17) is 14.3 Å². The van der Waals surface area contributed by atoms with Crippen molar-refractivity contribution in [3.8, 4) is 17.1 Å². The van der Waals surface area contributed by atoms with Gasteiger partial charge >= 0.3 is 268 Å². The first-order chi connectivity index (χ1) is 20.4. The van der Waals surface area contributed by atoms with E-state index in [9.17, 15) is 4.79 Å². The van der Waals surface area contributed by atoms with E-state index in [1.165, 1.54) is 40.6 Å². The summed E-state index contributed by atoms with van der Waals surface area (Å²) in [5.74, 6) is 1.78. The van der Waals surface area contributed by atoms with Crippen molar-refractivity contribution in [2.45, 2.75) is 86.0 Å². The molecule has 1 heterocycles. The van der Waals surface area contributed by atoms with Crippen LogP contribution in [0.1, 0.15) is 108 Å². The number of halogens is 1. The molecule has 4 rings (SSSR count). The number of para-hydroxylation sites is 2. The van der Waals surface area contributed by atoms with Crippen LogP contribution in [0, 0.1) is 3.89 Å². The predicted molar refractivity (Wildman–Crippen MR) is 177 cm³/mol. The van der Waals surface area contributed by atoms with E-state index in [-0.39, 0.29) is 5.91 Å². The number of anilines is 1. The van der Waals surface area contributed by atoms with Crippen molar-refractivity contribution in [3.63, 3.8) is 0 Å². The zero-order valence-corrected chi connectivity index (χ0v) is 29.4. The Labute approximate surface area is 266 Å². The van der Waals surface area contributed by atoms with Crippen molar-refractivity contribution in [2.24, 2.45) is 0 Å². The van der Waals surface area contributed by atoms with Crippen LogP contribution >= 0.6 is 9.53 Å². The van der Waals surface area contributed by atoms with Gasteiger partial charge in [0, 0.05) is 0 Å². The van der Waals surface area contributed by atoms with Gasteiger partial charge in [-0.05, 0) is 0 Å². The number of rotatable bonds is 9. The van der Waals surface area contributed by atoms with Gasteiger partial charge in [0.1, 0.15) is 0 Å². The molecule has 0 saturated carbocycles. The number of methoxy groups -OCH3 is 1. The van der Waals surface area contributed by atoms with Crippen LogP contribution in [0.3, 0.4) is 0 Å². The summed E-state index contributed by atoms with van der Waals surface area (Å²) < 4.78 is 12.1. The van der Waals surface area contributed by atoms with E-state index < -0.39 is 15.3 Å². The Morgan fingerprint density at radius 3 is 1.51 bits per heavy atom. The Kier molecular flexibility index (Phi) is 10.6. The molecule has 7 heteroatoms. The van der Waals surface area contributed by atoms with Crippen LogP contribution in [0.15, 0.2) is 67.0 Å². The molecule has 0 aliphatic rings. The summed E-state index contributed by atoms with van der Waals surface area (Å²) in [6.07, 6.45) is 4.37. The third-order valence-electron chi connectivity index (χ3n) is 7.63. The van der Waals surface area contributed by atoms with Crippen LogP contribution in [-0.4, -0.2) is 22.2 Å². The number of nitrogens with zero attached hydrogens (tertiary/aromatic N) is 2. The Morgan fingerprint density at radius 2 is 1.16 bits per heavy atom. The zero-order chi connectivity index (χ0) is 31.6. The quantitative estimate of drug-likeness (QED) is 0.178. The minimum atomic E-state index is -2.20. The zero-order valence-electron chi connectivity index (χ0n) is 27.1. The number of benzene rings is 3. The normalized spacial score (nSPS) is 12.0. The molecule has 1 N–H and O–H groups in total. The first-order valence-electron chi connectivity index (χ1n) is 15.0. The number of aromatic nitrogens is 2. The fourth-order valence-electron chi connectivity index (χ4n) is 5.50. The van der Waals surface area contributed by atoms with Gasteiger partial charge in [-0.3, -0.25) is 0 Å². The second-order valence-electron chi connectivity index (χ2n) is 12.2. The molecule has 0 aliphatic carbocycles. The number of amides is 1. The van der Waals surface area contributed by atoms with Crippen molar-refractivity contribution in [2.75, 3.05) is 12.4 Å². The fourth-order valence-corrected chi connectivity index (χ4v) is 9.34. The van der Waals surface area contributed by atoms with Gasteiger partial charge in [-0.2, -0.15) is 0 Å². The molecule has 0 aliphatic heterocycles. The SMILES string of the molecule is COc1cc[c]([Pd]([Cl])=[c]2n(-c3c(C(C)C)cccc3C(C)C)ccn2-c2c(C(C)C)cccc2C(C)C)c(NC(C)=O)c1. The number of ether oxygens (including phenoxy) is 1. The van der Waals surface area contributed by atoms with Crippen LogP contribution in [-0.2, 0) is 20.1 Å². The second-order valence-corrected chi connectivity index (χ2v) is 16.1. The molecule has 0 spiro atoms. The summed E-state index contributed by atoms with van der Waals surface area (Å²) in [6, 6.07) is 19.1. The van der Waals surface area contributed by atoms with E-state index in [0.29, 0.717) is 35.1 Å². The van der Waals surface area contributed by atoms with Crippen molar-refractivity contribution >= 4 is 25.2 Å². The monoisotopic (exact) mass is 693 g/mol. The van der Waals surface area contributed by atoms with E-state index in [0.717, 1.165) is 7.93 Å². The van der Waals surface area contributed by atoms with Gasteiger partial charge in [-0.1, -0.05) is 0 Å². The molecule has 1 aromatic heterocycles. The summed E-state index contributed by atoms with van der Waals surface area (Å²) in [6.45, 7) is 19.5. The van der Waals surface area contributed by atoms with E-state index in [1.807, 2.05) is 18.2 Å². The third-order valence-corrected chi connectivity index (χ3v) is 11.8. The number of hydrogen-bond donors (Lipinski definition) is 1. The summed E-state index contributed by atoms with van der Waals surface area (Å²) in [5.41, 5.74) is 8.19. The summed E-state index contributed by atoms with van der Waals surface area (Å²) in [7, 11) is 9.41. The van der Waals surface area contributed by atoms with E-state index in [2.05, 4.69) is 119 Å². The topological polar surface area (TPSA) is 48.2 Å². The van der Waals surface area contributed by atoms with Gasteiger partial charge in [0.15, 0.2) is 0 Å². The van der Waals surface area contributed by atoms with Gasteiger partial charge in [-0.15, -0.1) is 0 Å². The molecule has 0 unspecified atom stereocenters. The molecule has 0 bridgehead atoms. The second kappa shape index (κ2) is 13.8. The van der Waals surface area contributed by atoms with Crippen LogP contribution < -0.4 is 14.1 Å². The van der Waals surface area contributed by atoms with Crippen LogP contribution in [0.4, 0.5) is 5.69 Å². The van der Waals surface area contributed by atoms with Crippen molar-refractivity contribution in [3.05, 3.63) is 93.1 Å². The summed E-state index contributed by atoms with van der Waals surface area (Å²) in [5, 5.41) is 3.04. The van der Waals surface area contributed by atoms with E-state index in [1.54, 1.807) is 7.11 Å². The number of carbonyl (C=O) groups is 1. The molecule has 0 radical (unpaired) electrons. The number of imidazole rings is 1. The number of hydrogen-bond acceptors (Lipinski definition) is 2. The fraction of sp³-hybridized carbons (Fsp3) is 0.389. The Balaban J connectivity index is 2.27.